The first-order chi connectivity index (χ1) is 45.2. The van der Waals surface area contributed by atoms with Crippen molar-refractivity contribution in [1.29, 1.82) is 0 Å². The Hall–Kier alpha value is -1.94. The lowest BCUT2D eigenvalue weighted by molar-refractivity contribution is -0.161. The Morgan fingerprint density at radius 1 is 0.258 bits per heavy atom. The zero-order chi connectivity index (χ0) is 68.2. The summed E-state index contributed by atoms with van der Waals surface area (Å²) in [5.41, 5.74) is 0. The molecule has 0 amide bonds. The van der Waals surface area contributed by atoms with E-state index in [1.54, 1.807) is 0 Å². The van der Waals surface area contributed by atoms with Crippen molar-refractivity contribution >= 4 is 39.5 Å². The van der Waals surface area contributed by atoms with Gasteiger partial charge in [-0.25, -0.2) is 9.13 Å². The van der Waals surface area contributed by atoms with E-state index in [9.17, 15) is 43.2 Å². The first kappa shape index (κ1) is 91.1. The molecule has 0 fully saturated rings. The van der Waals surface area contributed by atoms with Crippen molar-refractivity contribution in [2.24, 2.45) is 0 Å². The molecular formula is C74H144O17P2. The van der Waals surface area contributed by atoms with E-state index >= 15 is 0 Å². The lowest BCUT2D eigenvalue weighted by atomic mass is 10.0. The molecule has 3 N–H and O–H groups in total. The molecule has 19 heteroatoms. The first-order valence-electron chi connectivity index (χ1n) is 38.8. The fourth-order valence-corrected chi connectivity index (χ4v) is 13.0. The third kappa shape index (κ3) is 68.4. The van der Waals surface area contributed by atoms with Crippen molar-refractivity contribution in [2.45, 2.75) is 412 Å². The summed E-state index contributed by atoms with van der Waals surface area (Å²) >= 11 is 0. The van der Waals surface area contributed by atoms with Crippen LogP contribution in [-0.4, -0.2) is 96.7 Å². The van der Waals surface area contributed by atoms with Gasteiger partial charge >= 0.3 is 39.5 Å². The van der Waals surface area contributed by atoms with Crippen LogP contribution in [0, 0.1) is 0 Å². The minimum absolute atomic E-state index is 0.108. The summed E-state index contributed by atoms with van der Waals surface area (Å²) in [5, 5.41) is 10.6. The van der Waals surface area contributed by atoms with Crippen molar-refractivity contribution in [3.63, 3.8) is 0 Å². The molecule has 93 heavy (non-hydrogen) atoms. The van der Waals surface area contributed by atoms with E-state index in [1.165, 1.54) is 225 Å². The second-order valence-corrected chi connectivity index (χ2v) is 29.6. The van der Waals surface area contributed by atoms with Crippen molar-refractivity contribution in [3.8, 4) is 0 Å². The van der Waals surface area contributed by atoms with Crippen LogP contribution in [0.15, 0.2) is 0 Å². The molecule has 2 unspecified atom stereocenters. The molecule has 0 saturated carbocycles. The van der Waals surface area contributed by atoms with Crippen molar-refractivity contribution in [3.05, 3.63) is 0 Å². The number of rotatable bonds is 75. The summed E-state index contributed by atoms with van der Waals surface area (Å²) < 4.78 is 68.5. The van der Waals surface area contributed by atoms with E-state index < -0.39 is 97.5 Å². The van der Waals surface area contributed by atoms with Crippen LogP contribution < -0.4 is 0 Å². The fourth-order valence-electron chi connectivity index (χ4n) is 11.4. The minimum atomic E-state index is -4.95. The number of esters is 4. The number of aliphatic hydroxyl groups excluding tert-OH is 1. The molecule has 5 atom stereocenters. The molecular weight excluding hydrogens is 1220 g/mol. The van der Waals surface area contributed by atoms with E-state index in [1.807, 2.05) is 0 Å². The van der Waals surface area contributed by atoms with Gasteiger partial charge in [0, 0.05) is 25.7 Å². The second kappa shape index (κ2) is 68.6. The molecule has 0 aromatic carbocycles. The van der Waals surface area contributed by atoms with Crippen molar-refractivity contribution in [1.82, 2.24) is 0 Å². The van der Waals surface area contributed by atoms with Crippen molar-refractivity contribution in [2.75, 3.05) is 39.6 Å². The molecule has 0 aromatic rings. The summed E-state index contributed by atoms with van der Waals surface area (Å²) in [5.74, 6) is -2.11. The zero-order valence-corrected chi connectivity index (χ0v) is 62.0. The Balaban J connectivity index is 5.24. The Bertz CT molecular complexity index is 1770. The fraction of sp³-hybridized carbons (Fsp3) is 0.946. The van der Waals surface area contributed by atoms with Gasteiger partial charge < -0.3 is 33.8 Å². The van der Waals surface area contributed by atoms with Crippen LogP contribution in [0.25, 0.3) is 0 Å². The monoisotopic (exact) mass is 1370 g/mol. The van der Waals surface area contributed by atoms with E-state index in [2.05, 4.69) is 27.7 Å². The molecule has 17 nitrogen and oxygen atoms in total. The first-order valence-corrected chi connectivity index (χ1v) is 41.8. The van der Waals surface area contributed by atoms with Gasteiger partial charge in [0.25, 0.3) is 0 Å². The molecule has 0 aliphatic rings. The summed E-state index contributed by atoms with van der Waals surface area (Å²) in [6.45, 7) is 4.98. The highest BCUT2D eigenvalue weighted by atomic mass is 31.2. The summed E-state index contributed by atoms with van der Waals surface area (Å²) in [6, 6.07) is 0. The molecule has 552 valence electrons. The Labute approximate surface area is 568 Å². The molecule has 0 aromatic heterocycles. The number of aliphatic hydroxyl groups is 1. The molecule has 0 heterocycles. The third-order valence-electron chi connectivity index (χ3n) is 17.4. The van der Waals surface area contributed by atoms with Gasteiger partial charge in [0.15, 0.2) is 12.2 Å². The molecule has 0 rings (SSSR count). The lowest BCUT2D eigenvalue weighted by Crippen LogP contribution is -2.30. The number of unbranched alkanes of at least 4 members (excludes halogenated alkanes) is 49. The molecule has 0 aliphatic carbocycles. The SMILES string of the molecule is CCCCCCCCCCCCCCCCCCC(=O)O[C@H](COC(=O)CCCCCCCCCCCCCCCC)COP(=O)(O)OC[C@@H](O)COP(=O)(O)OC[C@@H](COC(=O)CCCCCCCCCCCC)OC(=O)CCCCCCCCCCCCCCC. The highest BCUT2D eigenvalue weighted by Crippen LogP contribution is 2.45. The average Bonchev–Trinajstić information content (AvgIpc) is 3.50. The van der Waals surface area contributed by atoms with Crippen LogP contribution in [0.5, 0.6) is 0 Å². The zero-order valence-electron chi connectivity index (χ0n) is 60.2. The van der Waals surface area contributed by atoms with Crippen LogP contribution in [0.3, 0.4) is 0 Å². The number of phosphoric acid groups is 2. The number of carbonyl (C=O) groups is 4. The van der Waals surface area contributed by atoms with Gasteiger partial charge in [-0.2, -0.15) is 0 Å². The van der Waals surface area contributed by atoms with Gasteiger partial charge in [-0.3, -0.25) is 37.3 Å². The lowest BCUT2D eigenvalue weighted by Gasteiger charge is -2.21. The highest BCUT2D eigenvalue weighted by Gasteiger charge is 2.30. The van der Waals surface area contributed by atoms with Crippen molar-refractivity contribution < 1.29 is 80.2 Å². The number of phosphoric ester groups is 2. The predicted octanol–water partition coefficient (Wildman–Crippen LogP) is 21.8. The van der Waals surface area contributed by atoms with Gasteiger partial charge in [0.2, 0.25) is 0 Å². The largest absolute Gasteiger partial charge is 0.472 e. The molecule has 0 radical (unpaired) electrons. The van der Waals surface area contributed by atoms with E-state index in [-0.39, 0.29) is 25.7 Å². The normalized spacial score (nSPS) is 13.9. The third-order valence-corrected chi connectivity index (χ3v) is 19.3. The standard InChI is InChI=1S/C74H144O17P2/c1-5-9-13-17-21-25-29-32-34-35-38-41-45-49-53-57-61-74(79)91-70(65-85-72(77)59-55-51-47-43-39-37-33-30-26-22-18-14-10-6-2)67-89-93(82,83)87-63-68(75)62-86-92(80,81)88-66-69(64-84-71(76)58-54-50-46-42-28-24-20-16-12-8-4)90-73(78)60-56-52-48-44-40-36-31-27-23-19-15-11-7-3/h68-70,75H,5-67H2,1-4H3,(H,80,81)(H,82,83)/t68-,69+,70+/m0/s1. The molecule has 0 saturated heterocycles. The molecule has 0 aliphatic heterocycles. The van der Waals surface area contributed by atoms with Crippen LogP contribution in [0.4, 0.5) is 0 Å². The van der Waals surface area contributed by atoms with Gasteiger partial charge in [-0.05, 0) is 25.7 Å². The smallest absolute Gasteiger partial charge is 0.462 e. The second-order valence-electron chi connectivity index (χ2n) is 26.7. The minimum Gasteiger partial charge on any atom is -0.462 e. The molecule has 0 spiro atoms. The maximum atomic E-state index is 13.1. The predicted molar refractivity (Wildman–Crippen MR) is 377 cm³/mol. The Morgan fingerprint density at radius 3 is 0.634 bits per heavy atom. The maximum Gasteiger partial charge on any atom is 0.472 e. The van der Waals surface area contributed by atoms with Crippen LogP contribution >= 0.6 is 15.6 Å². The molecule has 0 bridgehead atoms. The quantitative estimate of drug-likeness (QED) is 0.0222. The average molecular weight is 1370 g/mol. The van der Waals surface area contributed by atoms with Crippen LogP contribution in [-0.2, 0) is 65.4 Å². The van der Waals surface area contributed by atoms with Gasteiger partial charge in [0.1, 0.15) is 19.3 Å². The van der Waals surface area contributed by atoms with E-state index in [0.717, 1.165) is 89.9 Å². The Morgan fingerprint density at radius 2 is 0.430 bits per heavy atom. The van der Waals surface area contributed by atoms with Gasteiger partial charge in [0.05, 0.1) is 26.4 Å². The number of ether oxygens (including phenoxy) is 4. The summed E-state index contributed by atoms with van der Waals surface area (Å²) in [7, 11) is -9.90. The topological polar surface area (TPSA) is 237 Å². The van der Waals surface area contributed by atoms with E-state index in [4.69, 9.17) is 37.0 Å². The van der Waals surface area contributed by atoms with Gasteiger partial charge in [-0.15, -0.1) is 0 Å². The summed E-state index contributed by atoms with van der Waals surface area (Å²) in [6.07, 6.45) is 58.0. The highest BCUT2D eigenvalue weighted by molar-refractivity contribution is 7.47. The van der Waals surface area contributed by atoms with Gasteiger partial charge in [-0.1, -0.05) is 342 Å². The Kier molecular flexibility index (Phi) is 67.1. The summed E-state index contributed by atoms with van der Waals surface area (Å²) in [4.78, 5) is 72.7. The number of hydrogen-bond donors (Lipinski definition) is 3. The maximum absolute atomic E-state index is 13.1. The number of carbonyl (C=O) groups excluding carboxylic acids is 4. The van der Waals surface area contributed by atoms with E-state index in [0.29, 0.717) is 25.7 Å². The number of hydrogen-bond acceptors (Lipinski definition) is 15. The van der Waals surface area contributed by atoms with Crippen LogP contribution in [0.2, 0.25) is 0 Å². The van der Waals surface area contributed by atoms with Crippen LogP contribution in [0.1, 0.15) is 394 Å².